The van der Waals surface area contributed by atoms with Crippen LogP contribution in [0.25, 0.3) is 0 Å². The summed E-state index contributed by atoms with van der Waals surface area (Å²) < 4.78 is 0. The van der Waals surface area contributed by atoms with E-state index in [1.165, 1.54) is 12.8 Å². The maximum atomic E-state index is 10.3. The molecule has 0 rings (SSSR count). The summed E-state index contributed by atoms with van der Waals surface area (Å²) in [5.41, 5.74) is 4.90. The molecule has 0 aromatic rings. The van der Waals surface area contributed by atoms with Crippen LogP contribution in [0.15, 0.2) is 0 Å². The summed E-state index contributed by atoms with van der Waals surface area (Å²) in [6, 6.07) is -0.455. The maximum Gasteiger partial charge on any atom is 0.312 e. The van der Waals surface area contributed by atoms with E-state index in [-0.39, 0.29) is 0 Å². The number of amides is 2. The molecular weight excluding hydrogens is 166 g/mol. The van der Waals surface area contributed by atoms with Crippen LogP contribution in [-0.4, -0.2) is 25.7 Å². The van der Waals surface area contributed by atoms with Gasteiger partial charge in [0.05, 0.1) is 0 Å². The first kappa shape index (κ1) is 12.2. The summed E-state index contributed by atoms with van der Waals surface area (Å²) in [5, 5.41) is 5.75. The van der Waals surface area contributed by atoms with E-state index in [1.54, 1.807) is 0 Å². The number of hydrogen-bond donors (Lipinski definition) is 3. The molecule has 0 aromatic heterocycles. The standard InChI is InChI=1S/C9H21N3O/c1-8(2)4-3-5-11-6-7-12-9(10)13/h8,11H,3-7H2,1-2H3,(H3,10,12,13). The summed E-state index contributed by atoms with van der Waals surface area (Å²) in [5.74, 6) is 0.769. The lowest BCUT2D eigenvalue weighted by Gasteiger charge is -2.06. The lowest BCUT2D eigenvalue weighted by Crippen LogP contribution is -2.35. The van der Waals surface area contributed by atoms with Gasteiger partial charge in [0.2, 0.25) is 0 Å². The fraction of sp³-hybridized carbons (Fsp3) is 0.889. The molecule has 4 N–H and O–H groups in total. The molecule has 4 nitrogen and oxygen atoms in total. The van der Waals surface area contributed by atoms with E-state index in [4.69, 9.17) is 5.73 Å². The van der Waals surface area contributed by atoms with Gasteiger partial charge in [-0.2, -0.15) is 0 Å². The molecule has 0 heterocycles. The van der Waals surface area contributed by atoms with Crippen LogP contribution in [0.1, 0.15) is 26.7 Å². The predicted molar refractivity (Wildman–Crippen MR) is 54.5 cm³/mol. The Morgan fingerprint density at radius 3 is 2.54 bits per heavy atom. The van der Waals surface area contributed by atoms with Crippen LogP contribution in [0.3, 0.4) is 0 Å². The molecule has 4 heteroatoms. The van der Waals surface area contributed by atoms with E-state index in [1.807, 2.05) is 0 Å². The Balaban J connectivity index is 2.96. The molecule has 2 amide bonds. The Morgan fingerprint density at radius 1 is 1.31 bits per heavy atom. The van der Waals surface area contributed by atoms with Crippen LogP contribution in [0.5, 0.6) is 0 Å². The first-order chi connectivity index (χ1) is 6.13. The van der Waals surface area contributed by atoms with Crippen LogP contribution < -0.4 is 16.4 Å². The molecular formula is C9H21N3O. The summed E-state index contributed by atoms with van der Waals surface area (Å²) >= 11 is 0. The monoisotopic (exact) mass is 187 g/mol. The van der Waals surface area contributed by atoms with Gasteiger partial charge in [-0.3, -0.25) is 0 Å². The smallest absolute Gasteiger partial charge is 0.312 e. The van der Waals surface area contributed by atoms with Crippen molar-refractivity contribution in [1.82, 2.24) is 10.6 Å². The molecule has 78 valence electrons. The minimum Gasteiger partial charge on any atom is -0.352 e. The predicted octanol–water partition coefficient (Wildman–Crippen LogP) is 0.680. The topological polar surface area (TPSA) is 67.2 Å². The van der Waals surface area contributed by atoms with Gasteiger partial charge in [0.25, 0.3) is 0 Å². The molecule has 0 bridgehead atoms. The van der Waals surface area contributed by atoms with Gasteiger partial charge in [-0.25, -0.2) is 4.79 Å². The second-order valence-corrected chi connectivity index (χ2v) is 3.58. The van der Waals surface area contributed by atoms with Crippen molar-refractivity contribution < 1.29 is 4.79 Å². The number of nitrogens with two attached hydrogens (primary N) is 1. The van der Waals surface area contributed by atoms with Crippen molar-refractivity contribution in [2.24, 2.45) is 11.7 Å². The van der Waals surface area contributed by atoms with Crippen LogP contribution in [-0.2, 0) is 0 Å². The number of nitrogens with one attached hydrogen (secondary N) is 2. The molecule has 0 saturated carbocycles. The lowest BCUT2D eigenvalue weighted by atomic mass is 10.1. The van der Waals surface area contributed by atoms with Gasteiger partial charge in [0.15, 0.2) is 0 Å². The van der Waals surface area contributed by atoms with Gasteiger partial charge in [0, 0.05) is 13.1 Å². The van der Waals surface area contributed by atoms with E-state index >= 15 is 0 Å². The second-order valence-electron chi connectivity index (χ2n) is 3.58. The lowest BCUT2D eigenvalue weighted by molar-refractivity contribution is 0.249. The van der Waals surface area contributed by atoms with Gasteiger partial charge >= 0.3 is 6.03 Å². The quantitative estimate of drug-likeness (QED) is 0.513. The molecule has 0 fully saturated rings. The molecule has 0 atom stereocenters. The third kappa shape index (κ3) is 11.2. The average Bonchev–Trinajstić information content (AvgIpc) is 2.01. The minimum absolute atomic E-state index is 0.455. The fourth-order valence-electron chi connectivity index (χ4n) is 1.03. The van der Waals surface area contributed by atoms with E-state index in [0.29, 0.717) is 6.54 Å². The number of urea groups is 1. The zero-order chi connectivity index (χ0) is 10.1. The van der Waals surface area contributed by atoms with Crippen LogP contribution in [0.2, 0.25) is 0 Å². The Hall–Kier alpha value is -0.770. The number of carbonyl (C=O) groups excluding carboxylic acids is 1. The molecule has 0 aliphatic heterocycles. The Kier molecular flexibility index (Phi) is 7.39. The van der Waals surface area contributed by atoms with Crippen molar-refractivity contribution in [3.8, 4) is 0 Å². The summed E-state index contributed by atoms with van der Waals surface area (Å²) in [6.07, 6.45) is 2.44. The van der Waals surface area contributed by atoms with E-state index in [0.717, 1.165) is 19.0 Å². The molecule has 0 aliphatic rings. The highest BCUT2D eigenvalue weighted by Crippen LogP contribution is 2.01. The largest absolute Gasteiger partial charge is 0.352 e. The van der Waals surface area contributed by atoms with Crippen molar-refractivity contribution in [2.45, 2.75) is 26.7 Å². The molecule has 0 aromatic carbocycles. The molecule has 0 aliphatic carbocycles. The molecule has 0 unspecified atom stereocenters. The highest BCUT2D eigenvalue weighted by molar-refractivity contribution is 5.71. The Morgan fingerprint density at radius 2 is 2.00 bits per heavy atom. The zero-order valence-electron chi connectivity index (χ0n) is 8.60. The average molecular weight is 187 g/mol. The number of rotatable bonds is 7. The maximum absolute atomic E-state index is 10.3. The van der Waals surface area contributed by atoms with Gasteiger partial charge in [-0.1, -0.05) is 13.8 Å². The first-order valence-electron chi connectivity index (χ1n) is 4.87. The first-order valence-corrected chi connectivity index (χ1v) is 4.87. The van der Waals surface area contributed by atoms with E-state index in [2.05, 4.69) is 24.5 Å². The van der Waals surface area contributed by atoms with Crippen molar-refractivity contribution in [2.75, 3.05) is 19.6 Å². The zero-order valence-corrected chi connectivity index (χ0v) is 8.60. The van der Waals surface area contributed by atoms with Gasteiger partial charge in [-0.05, 0) is 25.3 Å². The van der Waals surface area contributed by atoms with Gasteiger partial charge < -0.3 is 16.4 Å². The van der Waals surface area contributed by atoms with Gasteiger partial charge in [-0.15, -0.1) is 0 Å². The molecule has 13 heavy (non-hydrogen) atoms. The normalized spacial score (nSPS) is 10.4. The van der Waals surface area contributed by atoms with E-state index in [9.17, 15) is 4.79 Å². The van der Waals surface area contributed by atoms with Crippen molar-refractivity contribution in [1.29, 1.82) is 0 Å². The Bertz CT molecular complexity index is 137. The van der Waals surface area contributed by atoms with Crippen LogP contribution in [0.4, 0.5) is 4.79 Å². The third-order valence-electron chi connectivity index (χ3n) is 1.74. The molecule has 0 spiro atoms. The van der Waals surface area contributed by atoms with Crippen molar-refractivity contribution in [3.63, 3.8) is 0 Å². The summed E-state index contributed by atoms with van der Waals surface area (Å²) in [7, 11) is 0. The highest BCUT2D eigenvalue weighted by atomic mass is 16.2. The van der Waals surface area contributed by atoms with E-state index < -0.39 is 6.03 Å². The fourth-order valence-corrected chi connectivity index (χ4v) is 1.03. The van der Waals surface area contributed by atoms with Crippen LogP contribution in [0, 0.1) is 5.92 Å². The number of hydrogen-bond acceptors (Lipinski definition) is 2. The SMILES string of the molecule is CC(C)CCCNCCNC(N)=O. The van der Waals surface area contributed by atoms with Gasteiger partial charge in [0.1, 0.15) is 0 Å². The highest BCUT2D eigenvalue weighted by Gasteiger charge is 1.93. The number of primary amides is 1. The van der Waals surface area contributed by atoms with Crippen molar-refractivity contribution in [3.05, 3.63) is 0 Å². The van der Waals surface area contributed by atoms with Crippen molar-refractivity contribution >= 4 is 6.03 Å². The molecule has 0 saturated heterocycles. The minimum atomic E-state index is -0.455. The van der Waals surface area contributed by atoms with Crippen LogP contribution >= 0.6 is 0 Å². The summed E-state index contributed by atoms with van der Waals surface area (Å²) in [6.45, 7) is 6.85. The Labute approximate surface area is 80.3 Å². The molecule has 0 radical (unpaired) electrons. The summed E-state index contributed by atoms with van der Waals surface area (Å²) in [4.78, 5) is 10.3. The third-order valence-corrected chi connectivity index (χ3v) is 1.74. The number of carbonyl (C=O) groups is 1. The second kappa shape index (κ2) is 7.86.